The molecule has 0 spiro atoms. The van der Waals surface area contributed by atoms with E-state index in [1.165, 1.54) is 11.3 Å². The molecule has 0 bridgehead atoms. The van der Waals surface area contributed by atoms with Gasteiger partial charge in [0.25, 0.3) is 5.91 Å². The van der Waals surface area contributed by atoms with Gasteiger partial charge in [-0.3, -0.25) is 10.1 Å². The first-order valence-corrected chi connectivity index (χ1v) is 8.44. The molecule has 0 radical (unpaired) electrons. The summed E-state index contributed by atoms with van der Waals surface area (Å²) in [6.45, 7) is 0. The zero-order valence-corrected chi connectivity index (χ0v) is 14.6. The van der Waals surface area contributed by atoms with Crippen LogP contribution in [0.3, 0.4) is 0 Å². The number of carbonyl (C=O) groups excluding carboxylic acids is 1. The van der Waals surface area contributed by atoms with Crippen LogP contribution >= 0.6 is 49.9 Å². The van der Waals surface area contributed by atoms with Crippen LogP contribution in [0.15, 0.2) is 46.9 Å². The Morgan fingerprint density at radius 3 is 2.85 bits per heavy atom. The fraction of sp³-hybridized carbons (Fsp3) is 0. The maximum absolute atomic E-state index is 12.3. The first-order valence-electron chi connectivity index (χ1n) is 5.75. The van der Waals surface area contributed by atoms with Crippen LogP contribution in [0.4, 0.5) is 5.13 Å². The van der Waals surface area contributed by atoms with Gasteiger partial charge in [0.1, 0.15) is 0 Å². The Morgan fingerprint density at radius 1 is 1.25 bits per heavy atom. The molecule has 0 fully saturated rings. The molecule has 0 unspecified atom stereocenters. The van der Waals surface area contributed by atoms with Crippen molar-refractivity contribution in [2.45, 2.75) is 0 Å². The lowest BCUT2D eigenvalue weighted by molar-refractivity contribution is 0.102. The van der Waals surface area contributed by atoms with Crippen molar-refractivity contribution in [2.24, 2.45) is 0 Å². The average molecular weight is 459 g/mol. The molecule has 3 nitrogen and oxygen atoms in total. The zero-order chi connectivity index (χ0) is 14.1. The van der Waals surface area contributed by atoms with Crippen LogP contribution in [0, 0.1) is 3.57 Å². The predicted molar refractivity (Wildman–Crippen MR) is 94.4 cm³/mol. The van der Waals surface area contributed by atoms with Crippen molar-refractivity contribution in [1.29, 1.82) is 0 Å². The molecule has 0 atom stereocenters. The van der Waals surface area contributed by atoms with E-state index in [-0.39, 0.29) is 5.91 Å². The Labute approximate surface area is 141 Å². The van der Waals surface area contributed by atoms with Crippen LogP contribution in [-0.4, -0.2) is 10.9 Å². The molecular formula is C14H8BrIN2OS. The van der Waals surface area contributed by atoms with Crippen molar-refractivity contribution >= 4 is 71.1 Å². The molecule has 0 saturated carbocycles. The lowest BCUT2D eigenvalue weighted by Crippen LogP contribution is -2.12. The van der Waals surface area contributed by atoms with E-state index in [1.807, 2.05) is 42.5 Å². The largest absolute Gasteiger partial charge is 0.298 e. The van der Waals surface area contributed by atoms with Gasteiger partial charge in [-0.1, -0.05) is 23.5 Å². The van der Waals surface area contributed by atoms with Crippen LogP contribution in [0.5, 0.6) is 0 Å². The van der Waals surface area contributed by atoms with Gasteiger partial charge in [0.2, 0.25) is 0 Å². The predicted octanol–water partition coefficient (Wildman–Crippen LogP) is 4.92. The minimum absolute atomic E-state index is 0.158. The molecule has 6 heteroatoms. The average Bonchev–Trinajstić information content (AvgIpc) is 2.83. The third-order valence-corrected chi connectivity index (χ3v) is 5.00. The smallest absolute Gasteiger partial charge is 0.258 e. The quantitative estimate of drug-likeness (QED) is 0.554. The molecule has 20 heavy (non-hydrogen) atoms. The second-order valence-electron chi connectivity index (χ2n) is 4.07. The van der Waals surface area contributed by atoms with Gasteiger partial charge in [-0.25, -0.2) is 4.98 Å². The Morgan fingerprint density at radius 2 is 2.05 bits per heavy atom. The van der Waals surface area contributed by atoms with Crippen LogP contribution in [0.2, 0.25) is 0 Å². The Balaban J connectivity index is 1.90. The Kier molecular flexibility index (Phi) is 4.04. The van der Waals surface area contributed by atoms with Crippen molar-refractivity contribution < 1.29 is 4.79 Å². The number of nitrogens with one attached hydrogen (secondary N) is 1. The number of carbonyl (C=O) groups is 1. The lowest BCUT2D eigenvalue weighted by Gasteiger charge is -2.04. The fourth-order valence-electron chi connectivity index (χ4n) is 1.76. The van der Waals surface area contributed by atoms with E-state index in [0.717, 1.165) is 18.3 Å². The van der Waals surface area contributed by atoms with Gasteiger partial charge in [0.15, 0.2) is 5.13 Å². The highest BCUT2D eigenvalue weighted by Gasteiger charge is 2.13. The van der Waals surface area contributed by atoms with Gasteiger partial charge in [-0.15, -0.1) is 0 Å². The van der Waals surface area contributed by atoms with Crippen LogP contribution < -0.4 is 5.32 Å². The molecule has 100 valence electrons. The first kappa shape index (κ1) is 14.0. The van der Waals surface area contributed by atoms with E-state index < -0.39 is 0 Å². The van der Waals surface area contributed by atoms with Gasteiger partial charge in [-0.2, -0.15) is 0 Å². The molecule has 3 aromatic rings. The van der Waals surface area contributed by atoms with Gasteiger partial charge in [-0.05, 0) is 68.9 Å². The van der Waals surface area contributed by atoms with Crippen LogP contribution in [-0.2, 0) is 0 Å². The summed E-state index contributed by atoms with van der Waals surface area (Å²) < 4.78 is 2.85. The summed E-state index contributed by atoms with van der Waals surface area (Å²) in [7, 11) is 0. The molecule has 0 saturated heterocycles. The number of nitrogens with zero attached hydrogens (tertiary/aromatic N) is 1. The van der Waals surface area contributed by atoms with E-state index in [9.17, 15) is 4.79 Å². The van der Waals surface area contributed by atoms with E-state index in [0.29, 0.717) is 10.7 Å². The molecule has 1 amide bonds. The molecular weight excluding hydrogens is 451 g/mol. The van der Waals surface area contributed by atoms with Gasteiger partial charge >= 0.3 is 0 Å². The molecule has 0 aliphatic heterocycles. The number of anilines is 1. The van der Waals surface area contributed by atoms with E-state index >= 15 is 0 Å². The summed E-state index contributed by atoms with van der Waals surface area (Å²) >= 11 is 7.05. The van der Waals surface area contributed by atoms with Crippen molar-refractivity contribution in [3.8, 4) is 0 Å². The second kappa shape index (κ2) is 5.79. The summed E-state index contributed by atoms with van der Waals surface area (Å²) in [5.41, 5.74) is 1.51. The number of aromatic nitrogens is 1. The van der Waals surface area contributed by atoms with E-state index in [1.54, 1.807) is 0 Å². The normalized spacial score (nSPS) is 10.7. The number of rotatable bonds is 2. The van der Waals surface area contributed by atoms with Crippen molar-refractivity contribution in [1.82, 2.24) is 4.98 Å². The number of amides is 1. The highest BCUT2D eigenvalue weighted by atomic mass is 127. The molecule has 0 aliphatic carbocycles. The number of halogens is 2. The molecule has 1 N–H and O–H groups in total. The Bertz CT molecular complexity index is 770. The lowest BCUT2D eigenvalue weighted by atomic mass is 10.2. The molecule has 0 aliphatic rings. The SMILES string of the molecule is O=C(Nc1nc2ccccc2s1)c1cc(I)ccc1Br. The fourth-order valence-corrected chi connectivity index (χ4v) is 3.54. The molecule has 1 heterocycles. The third kappa shape index (κ3) is 2.87. The number of benzene rings is 2. The summed E-state index contributed by atoms with van der Waals surface area (Å²) in [6, 6.07) is 13.5. The number of para-hydroxylation sites is 1. The highest BCUT2D eigenvalue weighted by Crippen LogP contribution is 2.27. The first-order chi connectivity index (χ1) is 9.63. The summed E-state index contributed by atoms with van der Waals surface area (Å²) in [5.74, 6) is -0.158. The standard InChI is InChI=1S/C14H8BrIN2OS/c15-10-6-5-8(16)7-9(10)13(19)18-14-17-11-3-1-2-4-12(11)20-14/h1-7H,(H,17,18,19). The van der Waals surface area contributed by atoms with E-state index in [2.05, 4.69) is 48.8 Å². The highest BCUT2D eigenvalue weighted by molar-refractivity contribution is 14.1. The summed E-state index contributed by atoms with van der Waals surface area (Å²) in [4.78, 5) is 16.7. The van der Waals surface area contributed by atoms with Crippen LogP contribution in [0.1, 0.15) is 10.4 Å². The number of fused-ring (bicyclic) bond motifs is 1. The second-order valence-corrected chi connectivity index (χ2v) is 7.20. The minimum Gasteiger partial charge on any atom is -0.298 e. The Hall–Kier alpha value is -0.990. The van der Waals surface area contributed by atoms with E-state index in [4.69, 9.17) is 0 Å². The summed E-state index contributed by atoms with van der Waals surface area (Å²) in [5, 5.41) is 3.46. The maximum atomic E-state index is 12.3. The summed E-state index contributed by atoms with van der Waals surface area (Å²) in [6.07, 6.45) is 0. The van der Waals surface area contributed by atoms with Crippen LogP contribution in [0.25, 0.3) is 10.2 Å². The number of thiazole rings is 1. The van der Waals surface area contributed by atoms with Gasteiger partial charge in [0.05, 0.1) is 15.8 Å². The number of hydrogen-bond donors (Lipinski definition) is 1. The minimum atomic E-state index is -0.158. The van der Waals surface area contributed by atoms with Crippen molar-refractivity contribution in [2.75, 3.05) is 5.32 Å². The molecule has 3 rings (SSSR count). The topological polar surface area (TPSA) is 42.0 Å². The van der Waals surface area contributed by atoms with Crippen molar-refractivity contribution in [3.63, 3.8) is 0 Å². The zero-order valence-electron chi connectivity index (χ0n) is 10.1. The van der Waals surface area contributed by atoms with Gasteiger partial charge < -0.3 is 0 Å². The third-order valence-electron chi connectivity index (χ3n) is 2.69. The van der Waals surface area contributed by atoms with Crippen molar-refractivity contribution in [3.05, 3.63) is 56.1 Å². The molecule has 2 aromatic carbocycles. The maximum Gasteiger partial charge on any atom is 0.258 e. The number of hydrogen-bond acceptors (Lipinski definition) is 3. The molecule has 1 aromatic heterocycles. The van der Waals surface area contributed by atoms with Gasteiger partial charge in [0, 0.05) is 8.04 Å². The monoisotopic (exact) mass is 458 g/mol.